The highest BCUT2D eigenvalue weighted by molar-refractivity contribution is 14.1. The average Bonchev–Trinajstić information content (AvgIpc) is 2.32. The number of hydrogen-bond acceptors (Lipinski definition) is 1. The van der Waals surface area contributed by atoms with Gasteiger partial charge in [-0.3, -0.25) is 4.98 Å². The molecule has 0 aromatic carbocycles. The molecule has 2 heterocycles. The molecular weight excluding hydrogens is 274 g/mol. The number of nitrogens with one attached hydrogen (secondary N) is 1. The van der Waals surface area contributed by atoms with Gasteiger partial charge in [-0.15, -0.1) is 0 Å². The van der Waals surface area contributed by atoms with Gasteiger partial charge in [-0.25, -0.2) is 0 Å². The Kier molecular flexibility index (Phi) is 1.77. The summed E-state index contributed by atoms with van der Waals surface area (Å²) in [7, 11) is 0. The van der Waals surface area contributed by atoms with Crippen molar-refractivity contribution in [3.8, 4) is 0 Å². The quantitative estimate of drug-likeness (QED) is 0.738. The second kappa shape index (κ2) is 2.64. The van der Waals surface area contributed by atoms with E-state index in [1.165, 1.54) is 0 Å². The van der Waals surface area contributed by atoms with Crippen LogP contribution in [0.2, 0.25) is 5.02 Å². The van der Waals surface area contributed by atoms with Crippen molar-refractivity contribution in [3.63, 3.8) is 0 Å². The summed E-state index contributed by atoms with van der Waals surface area (Å²) in [5, 5.41) is 0.677. The zero-order chi connectivity index (χ0) is 7.84. The number of aromatic nitrogens is 2. The van der Waals surface area contributed by atoms with E-state index in [4.69, 9.17) is 11.6 Å². The molecule has 2 rings (SSSR count). The van der Waals surface area contributed by atoms with E-state index in [1.807, 2.05) is 6.07 Å². The second-order valence-corrected chi connectivity index (χ2v) is 3.84. The van der Waals surface area contributed by atoms with E-state index >= 15 is 0 Å². The summed E-state index contributed by atoms with van der Waals surface area (Å²) >= 11 is 8.04. The lowest BCUT2D eigenvalue weighted by Crippen LogP contribution is -1.76. The summed E-state index contributed by atoms with van der Waals surface area (Å²) in [5.74, 6) is 0. The highest BCUT2D eigenvalue weighted by Gasteiger charge is 2.01. The van der Waals surface area contributed by atoms with E-state index in [-0.39, 0.29) is 0 Å². The normalized spacial score (nSPS) is 10.7. The number of H-pyrrole nitrogens is 1. The molecule has 0 aliphatic carbocycles. The van der Waals surface area contributed by atoms with E-state index in [1.54, 1.807) is 12.4 Å². The van der Waals surface area contributed by atoms with Gasteiger partial charge in [-0.05, 0) is 28.7 Å². The predicted octanol–water partition coefficient (Wildman–Crippen LogP) is 2.82. The standard InChI is InChI=1S/C7H4ClIN2/c8-5-3-10-6-1-4(9)2-11-7(5)6/h1-3,10H. The van der Waals surface area contributed by atoms with Crippen LogP contribution in [-0.4, -0.2) is 9.97 Å². The van der Waals surface area contributed by atoms with Crippen LogP contribution in [0.25, 0.3) is 11.0 Å². The lowest BCUT2D eigenvalue weighted by molar-refractivity contribution is 1.38. The maximum absolute atomic E-state index is 5.83. The number of aromatic amines is 1. The van der Waals surface area contributed by atoms with Crippen molar-refractivity contribution in [1.29, 1.82) is 0 Å². The first kappa shape index (κ1) is 7.36. The first-order valence-electron chi connectivity index (χ1n) is 3.05. The molecule has 11 heavy (non-hydrogen) atoms. The van der Waals surface area contributed by atoms with Crippen LogP contribution in [0.15, 0.2) is 18.5 Å². The van der Waals surface area contributed by atoms with E-state index in [2.05, 4.69) is 32.6 Å². The van der Waals surface area contributed by atoms with E-state index in [0.29, 0.717) is 5.02 Å². The number of nitrogens with zero attached hydrogens (tertiary/aromatic N) is 1. The van der Waals surface area contributed by atoms with Crippen molar-refractivity contribution in [1.82, 2.24) is 9.97 Å². The van der Waals surface area contributed by atoms with Gasteiger partial charge >= 0.3 is 0 Å². The average molecular weight is 278 g/mol. The van der Waals surface area contributed by atoms with Crippen LogP contribution in [0.4, 0.5) is 0 Å². The van der Waals surface area contributed by atoms with E-state index in [9.17, 15) is 0 Å². The van der Waals surface area contributed by atoms with Crippen LogP contribution in [0.3, 0.4) is 0 Å². The fourth-order valence-corrected chi connectivity index (χ4v) is 1.60. The monoisotopic (exact) mass is 278 g/mol. The Labute approximate surface area is 82.1 Å². The first-order chi connectivity index (χ1) is 5.27. The van der Waals surface area contributed by atoms with Crippen LogP contribution < -0.4 is 0 Å². The third-order valence-electron chi connectivity index (χ3n) is 1.43. The fraction of sp³-hybridized carbons (Fsp3) is 0. The molecule has 0 bridgehead atoms. The molecule has 0 spiro atoms. The van der Waals surface area contributed by atoms with Crippen molar-refractivity contribution in [3.05, 3.63) is 27.1 Å². The third kappa shape index (κ3) is 1.22. The molecule has 0 saturated carbocycles. The van der Waals surface area contributed by atoms with Crippen LogP contribution >= 0.6 is 34.2 Å². The minimum atomic E-state index is 0.677. The van der Waals surface area contributed by atoms with Crippen molar-refractivity contribution in [2.45, 2.75) is 0 Å². The zero-order valence-electron chi connectivity index (χ0n) is 5.44. The van der Waals surface area contributed by atoms with Crippen LogP contribution in [0, 0.1) is 3.57 Å². The predicted molar refractivity (Wildman–Crippen MR) is 53.8 cm³/mol. The van der Waals surface area contributed by atoms with Crippen molar-refractivity contribution in [2.75, 3.05) is 0 Å². The zero-order valence-corrected chi connectivity index (χ0v) is 8.35. The highest BCUT2D eigenvalue weighted by atomic mass is 127. The maximum Gasteiger partial charge on any atom is 0.107 e. The molecule has 1 N–H and O–H groups in total. The van der Waals surface area contributed by atoms with Gasteiger partial charge in [0.15, 0.2) is 0 Å². The fourth-order valence-electron chi connectivity index (χ4n) is 0.949. The smallest absolute Gasteiger partial charge is 0.107 e. The van der Waals surface area contributed by atoms with Gasteiger partial charge in [0.25, 0.3) is 0 Å². The lowest BCUT2D eigenvalue weighted by atomic mass is 10.4. The van der Waals surface area contributed by atoms with Crippen molar-refractivity contribution >= 4 is 45.2 Å². The molecule has 0 amide bonds. The van der Waals surface area contributed by atoms with Gasteiger partial charge in [0, 0.05) is 16.0 Å². The first-order valence-corrected chi connectivity index (χ1v) is 4.51. The Hall–Kier alpha value is -0.290. The van der Waals surface area contributed by atoms with Crippen molar-refractivity contribution < 1.29 is 0 Å². The van der Waals surface area contributed by atoms with Gasteiger partial charge in [0.2, 0.25) is 0 Å². The molecule has 0 saturated heterocycles. The van der Waals surface area contributed by atoms with Gasteiger partial charge in [0.05, 0.1) is 10.5 Å². The topological polar surface area (TPSA) is 28.7 Å². The van der Waals surface area contributed by atoms with Crippen LogP contribution in [0.5, 0.6) is 0 Å². The second-order valence-electron chi connectivity index (χ2n) is 2.19. The van der Waals surface area contributed by atoms with Gasteiger partial charge in [-0.2, -0.15) is 0 Å². The molecule has 56 valence electrons. The number of rotatable bonds is 0. The van der Waals surface area contributed by atoms with Crippen molar-refractivity contribution in [2.24, 2.45) is 0 Å². The maximum atomic E-state index is 5.83. The largest absolute Gasteiger partial charge is 0.358 e. The summed E-state index contributed by atoms with van der Waals surface area (Å²) in [4.78, 5) is 7.20. The Morgan fingerprint density at radius 2 is 2.36 bits per heavy atom. The molecular formula is C7H4ClIN2. The Balaban J connectivity index is 2.86. The van der Waals surface area contributed by atoms with Gasteiger partial charge in [0.1, 0.15) is 5.52 Å². The van der Waals surface area contributed by atoms with Crippen LogP contribution in [-0.2, 0) is 0 Å². The number of pyridine rings is 1. The molecule has 2 aromatic heterocycles. The Bertz CT molecular complexity index is 396. The molecule has 0 unspecified atom stereocenters. The van der Waals surface area contributed by atoms with E-state index in [0.717, 1.165) is 14.6 Å². The lowest BCUT2D eigenvalue weighted by Gasteiger charge is -1.89. The number of fused-ring (bicyclic) bond motifs is 1. The molecule has 0 aliphatic heterocycles. The van der Waals surface area contributed by atoms with E-state index < -0.39 is 0 Å². The summed E-state index contributed by atoms with van der Waals surface area (Å²) in [6.45, 7) is 0. The SMILES string of the molecule is Clc1c[nH]c2cc(I)cnc12. The molecule has 0 fully saturated rings. The Morgan fingerprint density at radius 1 is 1.55 bits per heavy atom. The highest BCUT2D eigenvalue weighted by Crippen LogP contribution is 2.21. The summed E-state index contributed by atoms with van der Waals surface area (Å²) in [5.41, 5.74) is 1.83. The summed E-state index contributed by atoms with van der Waals surface area (Å²) < 4.78 is 1.11. The third-order valence-corrected chi connectivity index (χ3v) is 2.31. The summed E-state index contributed by atoms with van der Waals surface area (Å²) in [6, 6.07) is 2.01. The Morgan fingerprint density at radius 3 is 3.18 bits per heavy atom. The number of hydrogen-bond donors (Lipinski definition) is 1. The van der Waals surface area contributed by atoms with Gasteiger partial charge < -0.3 is 4.98 Å². The molecule has 2 aromatic rings. The number of halogens is 2. The minimum Gasteiger partial charge on any atom is -0.358 e. The molecule has 4 heteroatoms. The summed E-state index contributed by atoms with van der Waals surface area (Å²) in [6.07, 6.45) is 3.54. The molecule has 2 nitrogen and oxygen atoms in total. The molecule has 0 radical (unpaired) electrons. The molecule has 0 atom stereocenters. The minimum absolute atomic E-state index is 0.677. The molecule has 0 aliphatic rings. The van der Waals surface area contributed by atoms with Gasteiger partial charge in [-0.1, -0.05) is 11.6 Å². The van der Waals surface area contributed by atoms with Crippen LogP contribution in [0.1, 0.15) is 0 Å².